The summed E-state index contributed by atoms with van der Waals surface area (Å²) in [6.07, 6.45) is 0. The topological polar surface area (TPSA) is 96.3 Å². The van der Waals surface area contributed by atoms with Gasteiger partial charge in [-0.1, -0.05) is 30.6 Å². The molecular formula is C18H19ClN4O3. The summed E-state index contributed by atoms with van der Waals surface area (Å²) in [6, 6.07) is 6.66. The molecule has 136 valence electrons. The summed E-state index contributed by atoms with van der Waals surface area (Å²) < 4.78 is 7.08. The van der Waals surface area contributed by atoms with Gasteiger partial charge >= 0.3 is 0 Å². The minimum Gasteiger partial charge on any atom is -0.508 e. The van der Waals surface area contributed by atoms with Gasteiger partial charge in [-0.3, -0.25) is 15.3 Å². The number of aromatic hydroxyl groups is 1. The Hall–Kier alpha value is -2.77. The Morgan fingerprint density at radius 2 is 1.77 bits per heavy atom. The highest BCUT2D eigenvalue weighted by Crippen LogP contribution is 2.40. The number of nitrogens with zero attached hydrogens (tertiary/aromatic N) is 3. The van der Waals surface area contributed by atoms with Crippen molar-refractivity contribution in [3.63, 3.8) is 0 Å². The third-order valence-corrected chi connectivity index (χ3v) is 4.54. The number of fused-ring (bicyclic) bond motifs is 3. The average molecular weight is 375 g/mol. The molecule has 0 amide bonds. The average Bonchev–Trinajstić information content (AvgIpc) is 3.15. The first-order chi connectivity index (χ1) is 12.5. The van der Waals surface area contributed by atoms with Gasteiger partial charge in [-0.25, -0.2) is 4.98 Å². The molecule has 7 nitrogen and oxygen atoms in total. The number of nitrogens with one attached hydrogen (secondary N) is 1. The van der Waals surface area contributed by atoms with Gasteiger partial charge in [0.1, 0.15) is 16.7 Å². The molecule has 0 fully saturated rings. The summed E-state index contributed by atoms with van der Waals surface area (Å²) in [5, 5.41) is 24.8. The Labute approximate surface area is 154 Å². The Morgan fingerprint density at radius 1 is 1.12 bits per heavy atom. The van der Waals surface area contributed by atoms with Crippen molar-refractivity contribution in [2.24, 2.45) is 0 Å². The third-order valence-electron chi connectivity index (χ3n) is 4.09. The van der Waals surface area contributed by atoms with E-state index in [4.69, 9.17) is 16.1 Å². The largest absolute Gasteiger partial charge is 0.508 e. The molecule has 0 spiro atoms. The van der Waals surface area contributed by atoms with Crippen molar-refractivity contribution in [3.05, 3.63) is 40.7 Å². The Morgan fingerprint density at radius 3 is 2.38 bits per heavy atom. The number of phenolic OH excluding ortho intramolecular Hbond substituents is 1. The molecule has 0 saturated carbocycles. The van der Waals surface area contributed by atoms with Gasteiger partial charge in [0.05, 0.1) is 10.9 Å². The SMILES string of the molecule is CC.Cc1c(Cl)n(-c2ccc(O)cc2)c2c1c(NO)nc1noc(C)c12. The summed E-state index contributed by atoms with van der Waals surface area (Å²) in [4.78, 5) is 4.29. The van der Waals surface area contributed by atoms with E-state index in [1.54, 1.807) is 31.2 Å². The van der Waals surface area contributed by atoms with Crippen LogP contribution >= 0.6 is 11.6 Å². The molecule has 0 saturated heterocycles. The van der Waals surface area contributed by atoms with Crippen LogP contribution in [-0.4, -0.2) is 25.0 Å². The van der Waals surface area contributed by atoms with E-state index in [-0.39, 0.29) is 11.6 Å². The van der Waals surface area contributed by atoms with E-state index >= 15 is 0 Å². The third kappa shape index (κ3) is 2.56. The Kier molecular flexibility index (Phi) is 4.76. The number of aryl methyl sites for hydroxylation is 2. The number of halogens is 1. The fourth-order valence-electron chi connectivity index (χ4n) is 2.98. The van der Waals surface area contributed by atoms with Gasteiger partial charge in [-0.15, -0.1) is 0 Å². The van der Waals surface area contributed by atoms with Crippen molar-refractivity contribution in [3.8, 4) is 11.4 Å². The summed E-state index contributed by atoms with van der Waals surface area (Å²) >= 11 is 6.57. The van der Waals surface area contributed by atoms with Crippen LogP contribution < -0.4 is 5.48 Å². The summed E-state index contributed by atoms with van der Waals surface area (Å²) in [5.41, 5.74) is 4.71. The van der Waals surface area contributed by atoms with Crippen LogP contribution in [0, 0.1) is 13.8 Å². The number of pyridine rings is 1. The van der Waals surface area contributed by atoms with Crippen LogP contribution in [0.25, 0.3) is 27.6 Å². The van der Waals surface area contributed by atoms with E-state index < -0.39 is 0 Å². The van der Waals surface area contributed by atoms with Gasteiger partial charge in [-0.05, 0) is 43.7 Å². The van der Waals surface area contributed by atoms with Gasteiger partial charge in [0.15, 0.2) is 5.82 Å². The summed E-state index contributed by atoms with van der Waals surface area (Å²) in [5.74, 6) is 1.01. The zero-order chi connectivity index (χ0) is 19.0. The fourth-order valence-corrected chi connectivity index (χ4v) is 3.26. The lowest BCUT2D eigenvalue weighted by Gasteiger charge is -2.09. The second-order valence-electron chi connectivity index (χ2n) is 5.50. The molecule has 26 heavy (non-hydrogen) atoms. The molecule has 3 aromatic heterocycles. The molecule has 4 aromatic rings. The highest BCUT2D eigenvalue weighted by Gasteiger charge is 2.24. The molecular weight excluding hydrogens is 356 g/mol. The van der Waals surface area contributed by atoms with Crippen molar-refractivity contribution < 1.29 is 14.8 Å². The molecule has 8 heteroatoms. The van der Waals surface area contributed by atoms with E-state index in [0.717, 1.165) is 16.8 Å². The maximum atomic E-state index is 9.54. The summed E-state index contributed by atoms with van der Waals surface area (Å²) in [6.45, 7) is 7.64. The lowest BCUT2D eigenvalue weighted by Crippen LogP contribution is -1.98. The van der Waals surface area contributed by atoms with Crippen molar-refractivity contribution >= 4 is 39.4 Å². The molecule has 0 aliphatic heterocycles. The maximum Gasteiger partial charge on any atom is 0.206 e. The van der Waals surface area contributed by atoms with Gasteiger partial charge in [-0.2, -0.15) is 0 Å². The number of phenols is 1. The Balaban J connectivity index is 0.000000948. The number of anilines is 1. The minimum absolute atomic E-state index is 0.161. The van der Waals surface area contributed by atoms with Gasteiger partial charge < -0.3 is 9.63 Å². The molecule has 0 bridgehead atoms. The van der Waals surface area contributed by atoms with E-state index in [0.29, 0.717) is 27.3 Å². The van der Waals surface area contributed by atoms with Crippen LogP contribution in [0.5, 0.6) is 5.75 Å². The number of hydrogen-bond donors (Lipinski definition) is 3. The molecule has 0 atom stereocenters. The first kappa shape index (κ1) is 18.0. The van der Waals surface area contributed by atoms with E-state index in [9.17, 15) is 10.3 Å². The van der Waals surface area contributed by atoms with E-state index in [1.807, 2.05) is 25.3 Å². The quantitative estimate of drug-likeness (QED) is 0.428. The smallest absolute Gasteiger partial charge is 0.206 e. The fraction of sp³-hybridized carbons (Fsp3) is 0.222. The van der Waals surface area contributed by atoms with Crippen LogP contribution in [0.1, 0.15) is 25.2 Å². The predicted octanol–water partition coefficient (Wildman–Crippen LogP) is 4.97. The second kappa shape index (κ2) is 6.86. The van der Waals surface area contributed by atoms with Crippen LogP contribution in [0.15, 0.2) is 28.8 Å². The van der Waals surface area contributed by atoms with Gasteiger partial charge in [0.25, 0.3) is 0 Å². The molecule has 0 aliphatic carbocycles. The van der Waals surface area contributed by atoms with Crippen molar-refractivity contribution in [1.82, 2.24) is 14.7 Å². The van der Waals surface area contributed by atoms with Gasteiger partial charge in [0, 0.05) is 11.1 Å². The number of aromatic nitrogens is 3. The molecule has 0 radical (unpaired) electrons. The van der Waals surface area contributed by atoms with Gasteiger partial charge in [0.2, 0.25) is 5.65 Å². The van der Waals surface area contributed by atoms with Crippen LogP contribution in [0.2, 0.25) is 5.15 Å². The lowest BCUT2D eigenvalue weighted by molar-refractivity contribution is 0.386. The highest BCUT2D eigenvalue weighted by molar-refractivity contribution is 6.33. The van der Waals surface area contributed by atoms with E-state index in [2.05, 4.69) is 15.6 Å². The monoisotopic (exact) mass is 374 g/mol. The van der Waals surface area contributed by atoms with Crippen LogP contribution in [-0.2, 0) is 0 Å². The molecule has 0 unspecified atom stereocenters. The van der Waals surface area contributed by atoms with Crippen molar-refractivity contribution in [2.75, 3.05) is 5.48 Å². The first-order valence-electron chi connectivity index (χ1n) is 8.19. The van der Waals surface area contributed by atoms with Crippen LogP contribution in [0.3, 0.4) is 0 Å². The molecule has 3 N–H and O–H groups in total. The lowest BCUT2D eigenvalue weighted by atomic mass is 10.1. The molecule has 4 rings (SSSR count). The first-order valence-corrected chi connectivity index (χ1v) is 8.56. The van der Waals surface area contributed by atoms with E-state index in [1.165, 1.54) is 0 Å². The summed E-state index contributed by atoms with van der Waals surface area (Å²) in [7, 11) is 0. The normalized spacial score (nSPS) is 10.8. The molecule has 0 aliphatic rings. The highest BCUT2D eigenvalue weighted by atomic mass is 35.5. The molecule has 1 aromatic carbocycles. The second-order valence-corrected chi connectivity index (χ2v) is 5.86. The van der Waals surface area contributed by atoms with Crippen molar-refractivity contribution in [2.45, 2.75) is 27.7 Å². The van der Waals surface area contributed by atoms with Crippen LogP contribution in [0.4, 0.5) is 5.82 Å². The number of benzene rings is 1. The molecule has 3 heterocycles. The van der Waals surface area contributed by atoms with Crippen molar-refractivity contribution in [1.29, 1.82) is 0 Å². The maximum absolute atomic E-state index is 9.54. The number of rotatable bonds is 2. The predicted molar refractivity (Wildman–Crippen MR) is 102 cm³/mol. The standard InChI is InChI=1S/C16H13ClN4O3.C2H6/c1-7-11-13(12-8(2)24-20-16(12)18-15(11)19-23)21(14(7)17)9-3-5-10(22)6-4-9;1-2/h3-6,22-23H,1-2H3,(H,18,19,20);1-2H3. The zero-order valence-corrected chi connectivity index (χ0v) is 15.6. The minimum atomic E-state index is 0.161. The number of hydrogen-bond acceptors (Lipinski definition) is 6. The Bertz CT molecular complexity index is 1080. The zero-order valence-electron chi connectivity index (χ0n) is 14.8.